The molecule has 0 spiro atoms. The van der Waals surface area contributed by atoms with Gasteiger partial charge in [-0.2, -0.15) is 0 Å². The molecule has 2 rings (SSSR count). The lowest BCUT2D eigenvalue weighted by atomic mass is 10.1. The summed E-state index contributed by atoms with van der Waals surface area (Å²) in [5.41, 5.74) is 0.389. The fourth-order valence-corrected chi connectivity index (χ4v) is 1.79. The van der Waals surface area contributed by atoms with E-state index in [1.807, 2.05) is 0 Å². The Hall–Kier alpha value is -2.04. The van der Waals surface area contributed by atoms with Crippen LogP contribution in [0.5, 0.6) is 5.75 Å². The highest BCUT2D eigenvalue weighted by atomic mass is 16.4. The average molecular weight is 221 g/mol. The summed E-state index contributed by atoms with van der Waals surface area (Å²) in [6, 6.07) is 4.15. The Morgan fingerprint density at radius 1 is 1.38 bits per heavy atom. The number of hydrogen-bond donors (Lipinski definition) is 2. The van der Waals surface area contributed by atoms with Crippen LogP contribution >= 0.6 is 0 Å². The van der Waals surface area contributed by atoms with Gasteiger partial charge in [0.15, 0.2) is 0 Å². The van der Waals surface area contributed by atoms with Crippen molar-refractivity contribution < 1.29 is 19.8 Å². The molecule has 5 heteroatoms. The van der Waals surface area contributed by atoms with Crippen molar-refractivity contribution in [2.45, 2.75) is 12.8 Å². The third-order valence-corrected chi connectivity index (χ3v) is 2.60. The maximum atomic E-state index is 11.4. The minimum absolute atomic E-state index is 0.00229. The van der Waals surface area contributed by atoms with E-state index in [0.29, 0.717) is 18.7 Å². The minimum Gasteiger partial charge on any atom is -0.507 e. The molecule has 1 aromatic rings. The molecule has 0 radical (unpaired) electrons. The SMILES string of the molecule is O=C(O)c1ccc(N2CCCC2=O)cc1O. The van der Waals surface area contributed by atoms with Gasteiger partial charge in [0.2, 0.25) is 5.91 Å². The standard InChI is InChI=1S/C11H11NO4/c13-9-6-7(3-4-8(9)11(15)16)12-5-1-2-10(12)14/h3-4,6,13H,1-2,5H2,(H,15,16). The van der Waals surface area contributed by atoms with Gasteiger partial charge in [-0.3, -0.25) is 4.79 Å². The van der Waals surface area contributed by atoms with Gasteiger partial charge in [0.1, 0.15) is 11.3 Å². The lowest BCUT2D eigenvalue weighted by molar-refractivity contribution is -0.117. The van der Waals surface area contributed by atoms with Crippen LogP contribution in [-0.4, -0.2) is 28.6 Å². The van der Waals surface area contributed by atoms with Gasteiger partial charge in [-0.05, 0) is 18.6 Å². The summed E-state index contributed by atoms with van der Waals surface area (Å²) < 4.78 is 0. The summed E-state index contributed by atoms with van der Waals surface area (Å²) in [6.45, 7) is 0.616. The molecule has 0 bridgehead atoms. The van der Waals surface area contributed by atoms with Gasteiger partial charge in [-0.15, -0.1) is 0 Å². The van der Waals surface area contributed by atoms with Gasteiger partial charge in [0.25, 0.3) is 0 Å². The molecule has 1 amide bonds. The summed E-state index contributed by atoms with van der Waals surface area (Å²) in [5.74, 6) is -1.50. The van der Waals surface area contributed by atoms with Gasteiger partial charge in [-0.1, -0.05) is 0 Å². The van der Waals surface area contributed by atoms with Crippen molar-refractivity contribution in [2.24, 2.45) is 0 Å². The zero-order valence-electron chi connectivity index (χ0n) is 8.51. The molecule has 16 heavy (non-hydrogen) atoms. The van der Waals surface area contributed by atoms with Crippen molar-refractivity contribution in [2.75, 3.05) is 11.4 Å². The fourth-order valence-electron chi connectivity index (χ4n) is 1.79. The number of carboxylic acid groups (broad SMARTS) is 1. The van der Waals surface area contributed by atoms with E-state index >= 15 is 0 Å². The van der Waals surface area contributed by atoms with E-state index in [9.17, 15) is 14.7 Å². The van der Waals surface area contributed by atoms with Crippen molar-refractivity contribution in [3.05, 3.63) is 23.8 Å². The van der Waals surface area contributed by atoms with Crippen molar-refractivity contribution in [3.8, 4) is 5.75 Å². The number of anilines is 1. The molecule has 1 aliphatic rings. The first-order valence-corrected chi connectivity index (χ1v) is 4.96. The van der Waals surface area contributed by atoms with Gasteiger partial charge >= 0.3 is 5.97 Å². The zero-order valence-corrected chi connectivity index (χ0v) is 8.51. The molecule has 0 aliphatic carbocycles. The number of rotatable bonds is 2. The predicted molar refractivity (Wildman–Crippen MR) is 56.7 cm³/mol. The molecule has 0 aromatic heterocycles. The summed E-state index contributed by atoms with van der Waals surface area (Å²) in [5, 5.41) is 18.2. The highest BCUT2D eigenvalue weighted by Gasteiger charge is 2.22. The first kappa shape index (κ1) is 10.5. The number of aromatic carboxylic acids is 1. The second-order valence-corrected chi connectivity index (χ2v) is 3.66. The Balaban J connectivity index is 2.34. The third kappa shape index (κ3) is 1.71. The number of benzene rings is 1. The van der Waals surface area contributed by atoms with E-state index in [2.05, 4.69) is 0 Å². The summed E-state index contributed by atoms with van der Waals surface area (Å²) in [7, 11) is 0. The van der Waals surface area contributed by atoms with Crippen LogP contribution in [0, 0.1) is 0 Å². The number of carboxylic acids is 1. The van der Waals surface area contributed by atoms with Crippen LogP contribution < -0.4 is 4.90 Å². The van der Waals surface area contributed by atoms with E-state index in [-0.39, 0.29) is 17.2 Å². The van der Waals surface area contributed by atoms with Crippen LogP contribution in [0.25, 0.3) is 0 Å². The Morgan fingerprint density at radius 2 is 2.12 bits per heavy atom. The molecule has 0 atom stereocenters. The number of phenols is 1. The summed E-state index contributed by atoms with van der Waals surface area (Å²) >= 11 is 0. The Bertz CT molecular complexity index is 455. The molecule has 2 N–H and O–H groups in total. The maximum absolute atomic E-state index is 11.4. The van der Waals surface area contributed by atoms with Gasteiger partial charge < -0.3 is 15.1 Å². The van der Waals surface area contributed by atoms with Crippen LogP contribution in [-0.2, 0) is 4.79 Å². The van der Waals surface area contributed by atoms with Crippen molar-refractivity contribution in [1.82, 2.24) is 0 Å². The molecular weight excluding hydrogens is 210 g/mol. The number of carbonyl (C=O) groups is 2. The first-order chi connectivity index (χ1) is 7.59. The largest absolute Gasteiger partial charge is 0.507 e. The van der Waals surface area contributed by atoms with E-state index in [1.54, 1.807) is 4.90 Å². The van der Waals surface area contributed by atoms with Crippen LogP contribution in [0.1, 0.15) is 23.2 Å². The van der Waals surface area contributed by atoms with Crippen molar-refractivity contribution in [1.29, 1.82) is 0 Å². The normalized spacial score (nSPS) is 15.5. The zero-order chi connectivity index (χ0) is 11.7. The summed E-state index contributed by atoms with van der Waals surface area (Å²) in [4.78, 5) is 23.7. The molecule has 0 saturated carbocycles. The molecule has 1 aliphatic heterocycles. The number of carbonyl (C=O) groups excluding carboxylic acids is 1. The molecule has 1 heterocycles. The maximum Gasteiger partial charge on any atom is 0.339 e. The first-order valence-electron chi connectivity index (χ1n) is 4.96. The second-order valence-electron chi connectivity index (χ2n) is 3.66. The van der Waals surface area contributed by atoms with E-state index in [1.165, 1.54) is 18.2 Å². The number of aromatic hydroxyl groups is 1. The number of nitrogens with zero attached hydrogens (tertiary/aromatic N) is 1. The van der Waals surface area contributed by atoms with Crippen LogP contribution in [0.2, 0.25) is 0 Å². The second kappa shape index (κ2) is 3.84. The fraction of sp³-hybridized carbons (Fsp3) is 0.273. The lowest BCUT2D eigenvalue weighted by Gasteiger charge is -2.16. The van der Waals surface area contributed by atoms with E-state index < -0.39 is 5.97 Å². The highest BCUT2D eigenvalue weighted by molar-refractivity contribution is 5.97. The number of amides is 1. The molecular formula is C11H11NO4. The lowest BCUT2D eigenvalue weighted by Crippen LogP contribution is -2.23. The molecule has 1 fully saturated rings. The quantitative estimate of drug-likeness (QED) is 0.787. The average Bonchev–Trinajstić information content (AvgIpc) is 2.63. The van der Waals surface area contributed by atoms with Crippen LogP contribution in [0.15, 0.2) is 18.2 Å². The van der Waals surface area contributed by atoms with Gasteiger partial charge in [0.05, 0.1) is 0 Å². The summed E-state index contributed by atoms with van der Waals surface area (Å²) in [6.07, 6.45) is 1.29. The topological polar surface area (TPSA) is 77.8 Å². The predicted octanol–water partition coefficient (Wildman–Crippen LogP) is 1.22. The van der Waals surface area contributed by atoms with Crippen LogP contribution in [0.3, 0.4) is 0 Å². The monoisotopic (exact) mass is 221 g/mol. The Morgan fingerprint density at radius 3 is 2.62 bits per heavy atom. The molecule has 84 valence electrons. The van der Waals surface area contributed by atoms with Gasteiger partial charge in [0, 0.05) is 24.7 Å². The minimum atomic E-state index is -1.18. The number of hydrogen-bond acceptors (Lipinski definition) is 3. The van der Waals surface area contributed by atoms with E-state index in [4.69, 9.17) is 5.11 Å². The smallest absolute Gasteiger partial charge is 0.339 e. The van der Waals surface area contributed by atoms with Crippen molar-refractivity contribution >= 4 is 17.6 Å². The Labute approximate surface area is 91.9 Å². The van der Waals surface area contributed by atoms with Crippen LogP contribution in [0.4, 0.5) is 5.69 Å². The third-order valence-electron chi connectivity index (χ3n) is 2.60. The molecule has 0 unspecified atom stereocenters. The van der Waals surface area contributed by atoms with Crippen molar-refractivity contribution in [3.63, 3.8) is 0 Å². The highest BCUT2D eigenvalue weighted by Crippen LogP contribution is 2.27. The van der Waals surface area contributed by atoms with E-state index in [0.717, 1.165) is 6.42 Å². The van der Waals surface area contributed by atoms with Gasteiger partial charge in [-0.25, -0.2) is 4.79 Å². The molecule has 5 nitrogen and oxygen atoms in total. The molecule has 1 aromatic carbocycles. The molecule has 1 saturated heterocycles. The Kier molecular flexibility index (Phi) is 2.52.